The number of hydrogen-bond acceptors (Lipinski definition) is 2. The number of nitrogens with two attached hydrogens (primary N) is 1. The summed E-state index contributed by atoms with van der Waals surface area (Å²) in [4.78, 5) is 14.4. The molecule has 1 saturated heterocycles. The second kappa shape index (κ2) is 2.87. The van der Waals surface area contributed by atoms with Gasteiger partial charge < -0.3 is 10.6 Å². The lowest BCUT2D eigenvalue weighted by Crippen LogP contribution is -2.70. The maximum absolute atomic E-state index is 12.4. The molecule has 2 aliphatic carbocycles. The van der Waals surface area contributed by atoms with E-state index in [9.17, 15) is 4.79 Å². The minimum Gasteiger partial charge on any atom is -0.339 e. The van der Waals surface area contributed by atoms with Gasteiger partial charge in [0.05, 0.1) is 5.54 Å². The Hall–Kier alpha value is -0.570. The van der Waals surface area contributed by atoms with E-state index >= 15 is 0 Å². The SMILES string of the molecule is CC1(C)C(C(=O)N2CC(N)(C3CC3)C2)C1(C)C. The van der Waals surface area contributed by atoms with E-state index < -0.39 is 0 Å². The molecule has 3 nitrogen and oxygen atoms in total. The van der Waals surface area contributed by atoms with Crippen molar-refractivity contribution in [3.8, 4) is 0 Å². The van der Waals surface area contributed by atoms with E-state index in [1.54, 1.807) is 0 Å². The molecule has 3 aliphatic rings. The van der Waals surface area contributed by atoms with Gasteiger partial charge in [-0.15, -0.1) is 0 Å². The second-order valence-electron chi connectivity index (χ2n) is 7.58. The zero-order valence-electron chi connectivity index (χ0n) is 11.4. The summed E-state index contributed by atoms with van der Waals surface area (Å²) >= 11 is 0. The molecule has 3 heteroatoms. The van der Waals surface area contributed by atoms with Crippen molar-refractivity contribution < 1.29 is 4.79 Å². The molecule has 0 bridgehead atoms. The fourth-order valence-corrected chi connectivity index (χ4v) is 3.73. The number of carbonyl (C=O) groups excluding carboxylic acids is 1. The van der Waals surface area contributed by atoms with E-state index in [2.05, 4.69) is 27.7 Å². The molecule has 0 aromatic carbocycles. The van der Waals surface area contributed by atoms with Crippen LogP contribution in [0.2, 0.25) is 0 Å². The van der Waals surface area contributed by atoms with E-state index in [-0.39, 0.29) is 22.3 Å². The van der Waals surface area contributed by atoms with Crippen LogP contribution in [-0.4, -0.2) is 29.4 Å². The second-order valence-corrected chi connectivity index (χ2v) is 7.58. The molecular weight excluding hydrogens is 212 g/mol. The van der Waals surface area contributed by atoms with Crippen LogP contribution >= 0.6 is 0 Å². The van der Waals surface area contributed by atoms with Gasteiger partial charge in [0.1, 0.15) is 0 Å². The first kappa shape index (κ1) is 11.5. The normalized spacial score (nSPS) is 33.1. The summed E-state index contributed by atoms with van der Waals surface area (Å²) in [6.45, 7) is 10.4. The Bertz CT molecular complexity index is 362. The highest BCUT2D eigenvalue weighted by Crippen LogP contribution is 2.69. The number of hydrogen-bond donors (Lipinski definition) is 1. The summed E-state index contributed by atoms with van der Waals surface area (Å²) < 4.78 is 0. The highest BCUT2D eigenvalue weighted by atomic mass is 16.2. The highest BCUT2D eigenvalue weighted by molar-refractivity contribution is 5.85. The summed E-state index contributed by atoms with van der Waals surface area (Å²) in [5.74, 6) is 1.22. The van der Waals surface area contributed by atoms with E-state index in [0.29, 0.717) is 11.8 Å². The average Bonchev–Trinajstić information content (AvgIpc) is 2.99. The van der Waals surface area contributed by atoms with Crippen molar-refractivity contribution in [3.05, 3.63) is 0 Å². The Morgan fingerprint density at radius 2 is 1.59 bits per heavy atom. The maximum atomic E-state index is 12.4. The molecular formula is C14H24N2O. The fourth-order valence-electron chi connectivity index (χ4n) is 3.73. The maximum Gasteiger partial charge on any atom is 0.226 e. The van der Waals surface area contributed by atoms with Crippen molar-refractivity contribution in [2.75, 3.05) is 13.1 Å². The van der Waals surface area contributed by atoms with Crippen molar-refractivity contribution in [2.24, 2.45) is 28.4 Å². The van der Waals surface area contributed by atoms with Crippen molar-refractivity contribution in [3.63, 3.8) is 0 Å². The first-order chi connectivity index (χ1) is 7.70. The Kier molecular flexibility index (Phi) is 1.95. The molecule has 0 atom stereocenters. The van der Waals surface area contributed by atoms with Crippen LogP contribution in [0.15, 0.2) is 0 Å². The van der Waals surface area contributed by atoms with Gasteiger partial charge >= 0.3 is 0 Å². The van der Waals surface area contributed by atoms with Crippen LogP contribution in [0.1, 0.15) is 40.5 Å². The minimum absolute atomic E-state index is 0.0428. The molecule has 0 radical (unpaired) electrons. The molecule has 0 unspecified atom stereocenters. The molecule has 96 valence electrons. The lowest BCUT2D eigenvalue weighted by Gasteiger charge is -2.48. The van der Waals surface area contributed by atoms with Gasteiger partial charge in [0.15, 0.2) is 0 Å². The first-order valence-electron chi connectivity index (χ1n) is 6.78. The smallest absolute Gasteiger partial charge is 0.226 e. The molecule has 1 amide bonds. The number of likely N-dealkylation sites (tertiary alicyclic amines) is 1. The third-order valence-electron chi connectivity index (χ3n) is 5.94. The quantitative estimate of drug-likeness (QED) is 0.792. The molecule has 17 heavy (non-hydrogen) atoms. The van der Waals surface area contributed by atoms with Gasteiger partial charge in [-0.1, -0.05) is 27.7 Å². The largest absolute Gasteiger partial charge is 0.339 e. The summed E-state index contributed by atoms with van der Waals surface area (Å²) in [6.07, 6.45) is 2.53. The summed E-state index contributed by atoms with van der Waals surface area (Å²) in [5.41, 5.74) is 6.55. The lowest BCUT2D eigenvalue weighted by atomic mass is 9.85. The molecule has 3 fully saturated rings. The molecule has 2 saturated carbocycles. The molecule has 1 aliphatic heterocycles. The summed E-state index contributed by atoms with van der Waals surface area (Å²) in [6, 6.07) is 0. The zero-order chi connectivity index (χ0) is 12.6. The van der Waals surface area contributed by atoms with Gasteiger partial charge in [0.25, 0.3) is 0 Å². The Morgan fingerprint density at radius 3 is 1.94 bits per heavy atom. The van der Waals surface area contributed by atoms with Crippen molar-refractivity contribution in [1.82, 2.24) is 4.90 Å². The van der Waals surface area contributed by atoms with E-state index in [4.69, 9.17) is 5.73 Å². The van der Waals surface area contributed by atoms with Crippen LogP contribution in [0.3, 0.4) is 0 Å². The Balaban J connectivity index is 1.63. The number of rotatable bonds is 2. The number of nitrogens with zero attached hydrogens (tertiary/aromatic N) is 1. The van der Waals surface area contributed by atoms with Gasteiger partial charge in [-0.05, 0) is 29.6 Å². The van der Waals surface area contributed by atoms with E-state index in [1.807, 2.05) is 4.90 Å². The molecule has 3 rings (SSSR count). The van der Waals surface area contributed by atoms with Crippen LogP contribution in [0.5, 0.6) is 0 Å². The van der Waals surface area contributed by atoms with E-state index in [1.165, 1.54) is 12.8 Å². The van der Waals surface area contributed by atoms with Crippen LogP contribution in [0.25, 0.3) is 0 Å². The Labute approximate surface area is 104 Å². The van der Waals surface area contributed by atoms with Gasteiger partial charge in [-0.25, -0.2) is 0 Å². The number of amides is 1. The fraction of sp³-hybridized carbons (Fsp3) is 0.929. The zero-order valence-corrected chi connectivity index (χ0v) is 11.4. The van der Waals surface area contributed by atoms with Crippen molar-refractivity contribution in [2.45, 2.75) is 46.1 Å². The molecule has 0 aromatic rings. The van der Waals surface area contributed by atoms with Crippen molar-refractivity contribution >= 4 is 5.91 Å². The summed E-state index contributed by atoms with van der Waals surface area (Å²) in [5, 5.41) is 0. The minimum atomic E-state index is -0.0428. The van der Waals surface area contributed by atoms with Crippen LogP contribution in [-0.2, 0) is 4.79 Å². The molecule has 0 aromatic heterocycles. The third kappa shape index (κ3) is 1.35. The highest BCUT2D eigenvalue weighted by Gasteiger charge is 2.70. The van der Waals surface area contributed by atoms with Gasteiger partial charge in [-0.3, -0.25) is 4.79 Å². The standard InChI is InChI=1S/C14H24N2O/c1-12(2)10(13(12,3)4)11(17)16-7-14(15,8-16)9-5-6-9/h9-10H,5-8,15H2,1-4H3. The third-order valence-corrected chi connectivity index (χ3v) is 5.94. The first-order valence-corrected chi connectivity index (χ1v) is 6.78. The predicted molar refractivity (Wildman–Crippen MR) is 67.3 cm³/mol. The van der Waals surface area contributed by atoms with Crippen LogP contribution in [0.4, 0.5) is 0 Å². The van der Waals surface area contributed by atoms with E-state index in [0.717, 1.165) is 13.1 Å². The molecule has 1 heterocycles. The number of carbonyl (C=O) groups is 1. The predicted octanol–water partition coefficient (Wildman–Crippen LogP) is 1.62. The Morgan fingerprint density at radius 1 is 1.12 bits per heavy atom. The van der Waals surface area contributed by atoms with Gasteiger partial charge in [0.2, 0.25) is 5.91 Å². The van der Waals surface area contributed by atoms with Crippen molar-refractivity contribution in [1.29, 1.82) is 0 Å². The molecule has 2 N–H and O–H groups in total. The molecule has 0 spiro atoms. The van der Waals surface area contributed by atoms with Crippen LogP contribution in [0, 0.1) is 22.7 Å². The summed E-state index contributed by atoms with van der Waals surface area (Å²) in [7, 11) is 0. The van der Waals surface area contributed by atoms with Crippen LogP contribution < -0.4 is 5.73 Å². The monoisotopic (exact) mass is 236 g/mol. The van der Waals surface area contributed by atoms with Gasteiger partial charge in [-0.2, -0.15) is 0 Å². The lowest BCUT2D eigenvalue weighted by molar-refractivity contribution is -0.142. The topological polar surface area (TPSA) is 46.3 Å². The average molecular weight is 236 g/mol. The van der Waals surface area contributed by atoms with Gasteiger partial charge in [0, 0.05) is 19.0 Å².